The molecule has 2 aliphatic rings. The molecular weight excluding hydrogens is 342 g/mol. The Morgan fingerprint density at radius 3 is 2.88 bits per heavy atom. The first-order valence-corrected chi connectivity index (χ1v) is 8.00. The summed E-state index contributed by atoms with van der Waals surface area (Å²) >= 11 is 0. The lowest BCUT2D eigenvalue weighted by Crippen LogP contribution is -2.38. The minimum absolute atomic E-state index is 0.234. The number of hydrogen-bond donors (Lipinski definition) is 1. The topological polar surface area (TPSA) is 121 Å². The Kier molecular flexibility index (Phi) is 4.19. The van der Waals surface area contributed by atoms with Crippen molar-refractivity contribution in [3.63, 3.8) is 0 Å². The summed E-state index contributed by atoms with van der Waals surface area (Å²) < 4.78 is 12.8. The second kappa shape index (κ2) is 6.65. The maximum Gasteiger partial charge on any atom is 0.389 e. The molecule has 0 spiro atoms. The highest BCUT2D eigenvalue weighted by Gasteiger charge is 2.44. The molecule has 134 valence electrons. The van der Waals surface area contributed by atoms with Crippen LogP contribution in [-0.4, -0.2) is 45.3 Å². The van der Waals surface area contributed by atoms with Crippen LogP contribution < -0.4 is 5.43 Å². The summed E-state index contributed by atoms with van der Waals surface area (Å²) in [5, 5.41) is 19.0. The summed E-state index contributed by atoms with van der Waals surface area (Å²) in [6.45, 7) is 0.328. The quantitative estimate of drug-likeness (QED) is 0.649. The summed E-state index contributed by atoms with van der Waals surface area (Å²) in [6, 6.07) is 9.73. The molecule has 26 heavy (non-hydrogen) atoms. The highest BCUT2D eigenvalue weighted by atomic mass is 16.7. The summed E-state index contributed by atoms with van der Waals surface area (Å²) in [5.74, 6) is -0.577. The first-order chi connectivity index (χ1) is 12.6. The standard InChI is InChI=1S/C16H15N5O5/c22-15(10-4-2-1-3-5-10)18-17-11-8-12(13-9-25-16(11)26-13)20-7-6-14(19-20)21(23)24/h1-7,12-13,16H,8-9H2,(H,18,22)/b17-11-. The van der Waals surface area contributed by atoms with Gasteiger partial charge in [-0.15, -0.1) is 0 Å². The minimum atomic E-state index is -0.627. The van der Waals surface area contributed by atoms with Gasteiger partial charge >= 0.3 is 5.82 Å². The van der Waals surface area contributed by atoms with Crippen LogP contribution in [0.15, 0.2) is 47.7 Å². The number of hydrazone groups is 1. The molecule has 1 aromatic carbocycles. The monoisotopic (exact) mass is 357 g/mol. The van der Waals surface area contributed by atoms with Crippen molar-refractivity contribution < 1.29 is 19.2 Å². The lowest BCUT2D eigenvalue weighted by atomic mass is 10.0. The third-order valence-corrected chi connectivity index (χ3v) is 4.29. The van der Waals surface area contributed by atoms with E-state index in [4.69, 9.17) is 9.47 Å². The van der Waals surface area contributed by atoms with E-state index in [2.05, 4.69) is 15.6 Å². The van der Waals surface area contributed by atoms with Gasteiger partial charge in [0, 0.05) is 12.0 Å². The van der Waals surface area contributed by atoms with Gasteiger partial charge in [0.1, 0.15) is 12.1 Å². The molecule has 10 heteroatoms. The summed E-state index contributed by atoms with van der Waals surface area (Å²) in [7, 11) is 0. The predicted molar refractivity (Wildman–Crippen MR) is 88.5 cm³/mol. The Morgan fingerprint density at radius 1 is 1.35 bits per heavy atom. The van der Waals surface area contributed by atoms with Crippen molar-refractivity contribution in [3.05, 3.63) is 58.3 Å². The largest absolute Gasteiger partial charge is 0.389 e. The van der Waals surface area contributed by atoms with Crippen molar-refractivity contribution in [2.24, 2.45) is 5.10 Å². The number of nitrogens with zero attached hydrogens (tertiary/aromatic N) is 4. The Balaban J connectivity index is 1.51. The third kappa shape index (κ3) is 3.07. The molecule has 3 atom stereocenters. The van der Waals surface area contributed by atoms with Crippen LogP contribution in [0.5, 0.6) is 0 Å². The zero-order valence-corrected chi connectivity index (χ0v) is 13.5. The zero-order chi connectivity index (χ0) is 18.1. The van der Waals surface area contributed by atoms with E-state index in [0.29, 0.717) is 24.3 Å². The lowest BCUT2D eigenvalue weighted by molar-refractivity contribution is -0.389. The summed E-state index contributed by atoms with van der Waals surface area (Å²) in [4.78, 5) is 22.4. The van der Waals surface area contributed by atoms with Crippen LogP contribution in [-0.2, 0) is 9.47 Å². The fourth-order valence-corrected chi connectivity index (χ4v) is 2.99. The fourth-order valence-electron chi connectivity index (χ4n) is 2.99. The molecular formula is C16H15N5O5. The van der Waals surface area contributed by atoms with Crippen molar-refractivity contribution in [2.75, 3.05) is 6.61 Å². The van der Waals surface area contributed by atoms with Crippen molar-refractivity contribution in [1.82, 2.24) is 15.2 Å². The number of fused-ring (bicyclic) bond motifs is 2. The van der Waals surface area contributed by atoms with E-state index in [-0.39, 0.29) is 23.9 Å². The third-order valence-electron chi connectivity index (χ3n) is 4.29. The van der Waals surface area contributed by atoms with Gasteiger partial charge in [0.15, 0.2) is 6.29 Å². The van der Waals surface area contributed by atoms with Crippen LogP contribution in [0.1, 0.15) is 22.8 Å². The highest BCUT2D eigenvalue weighted by molar-refractivity contribution is 5.96. The number of nitro groups is 1. The van der Waals surface area contributed by atoms with Crippen LogP contribution in [0.3, 0.4) is 0 Å². The molecule has 1 aromatic heterocycles. The number of nitrogens with one attached hydrogen (secondary N) is 1. The average Bonchev–Trinajstić information content (AvgIpc) is 3.30. The van der Waals surface area contributed by atoms with Crippen molar-refractivity contribution in [3.8, 4) is 0 Å². The second-order valence-electron chi connectivity index (χ2n) is 5.93. The number of rotatable bonds is 4. The van der Waals surface area contributed by atoms with Crippen LogP contribution in [0.4, 0.5) is 5.82 Å². The number of carbonyl (C=O) groups excluding carboxylic acids is 1. The van der Waals surface area contributed by atoms with Gasteiger partial charge in [-0.2, -0.15) is 9.78 Å². The molecule has 0 saturated carbocycles. The van der Waals surface area contributed by atoms with E-state index in [0.717, 1.165) is 0 Å². The van der Waals surface area contributed by atoms with E-state index in [1.165, 1.54) is 16.9 Å². The second-order valence-corrected chi connectivity index (χ2v) is 5.93. The normalized spacial score (nSPS) is 26.0. The van der Waals surface area contributed by atoms with Gasteiger partial charge in [-0.05, 0) is 17.1 Å². The number of carbonyl (C=O) groups is 1. The smallest absolute Gasteiger partial charge is 0.358 e. The first kappa shape index (κ1) is 16.4. The number of aromatic nitrogens is 2. The van der Waals surface area contributed by atoms with Gasteiger partial charge in [-0.1, -0.05) is 18.2 Å². The maximum atomic E-state index is 12.1. The van der Waals surface area contributed by atoms with Crippen LogP contribution in [0.25, 0.3) is 0 Å². The van der Waals surface area contributed by atoms with Crippen molar-refractivity contribution in [2.45, 2.75) is 24.9 Å². The molecule has 2 saturated heterocycles. The van der Waals surface area contributed by atoms with Crippen LogP contribution in [0.2, 0.25) is 0 Å². The van der Waals surface area contributed by atoms with Gasteiger partial charge in [0.25, 0.3) is 5.91 Å². The van der Waals surface area contributed by atoms with E-state index in [1.807, 2.05) is 6.07 Å². The zero-order valence-electron chi connectivity index (χ0n) is 13.5. The van der Waals surface area contributed by atoms with Crippen molar-refractivity contribution in [1.29, 1.82) is 0 Å². The lowest BCUT2D eigenvalue weighted by Gasteiger charge is -2.26. The number of ether oxygens (including phenoxy) is 2. The van der Waals surface area contributed by atoms with E-state index in [9.17, 15) is 14.9 Å². The number of hydrogen-bond acceptors (Lipinski definition) is 7. The average molecular weight is 357 g/mol. The molecule has 2 bridgehead atoms. The molecule has 0 radical (unpaired) electrons. The molecule has 10 nitrogen and oxygen atoms in total. The van der Waals surface area contributed by atoms with E-state index < -0.39 is 11.2 Å². The van der Waals surface area contributed by atoms with Gasteiger partial charge < -0.3 is 19.6 Å². The molecule has 3 unspecified atom stereocenters. The van der Waals surface area contributed by atoms with Gasteiger partial charge in [-0.25, -0.2) is 5.43 Å². The fraction of sp³-hybridized carbons (Fsp3) is 0.312. The molecule has 2 aromatic rings. The Hall–Kier alpha value is -3.11. The molecule has 1 amide bonds. The Labute approximate surface area is 147 Å². The SMILES string of the molecule is O=C(N/N=C1/CC(n2ccc([N+](=O)[O-])n2)C2COC1O2)c1ccccc1. The Morgan fingerprint density at radius 2 is 2.15 bits per heavy atom. The van der Waals surface area contributed by atoms with E-state index in [1.54, 1.807) is 24.3 Å². The summed E-state index contributed by atoms with van der Waals surface area (Å²) in [5.41, 5.74) is 3.49. The number of amides is 1. The van der Waals surface area contributed by atoms with Crippen LogP contribution >= 0.6 is 0 Å². The minimum Gasteiger partial charge on any atom is -0.358 e. The highest BCUT2D eigenvalue weighted by Crippen LogP contribution is 2.33. The van der Waals surface area contributed by atoms with Gasteiger partial charge in [-0.3, -0.25) is 4.79 Å². The van der Waals surface area contributed by atoms with Gasteiger partial charge in [0.2, 0.25) is 0 Å². The van der Waals surface area contributed by atoms with Gasteiger partial charge in [0.05, 0.1) is 29.7 Å². The predicted octanol–water partition coefficient (Wildman–Crippen LogP) is 1.26. The number of benzene rings is 1. The van der Waals surface area contributed by atoms with Crippen LogP contribution in [0, 0.1) is 10.1 Å². The Bertz CT molecular complexity index is 865. The van der Waals surface area contributed by atoms with E-state index >= 15 is 0 Å². The van der Waals surface area contributed by atoms with Crippen molar-refractivity contribution >= 4 is 17.4 Å². The molecule has 4 rings (SSSR count). The molecule has 2 aliphatic heterocycles. The molecule has 2 fully saturated rings. The molecule has 1 N–H and O–H groups in total. The molecule has 3 heterocycles. The molecule has 0 aliphatic carbocycles. The summed E-state index contributed by atoms with van der Waals surface area (Å²) in [6.07, 6.45) is 1.04. The maximum absolute atomic E-state index is 12.1. The first-order valence-electron chi connectivity index (χ1n) is 8.00.